The molecule has 284 valence electrons. The van der Waals surface area contributed by atoms with Crippen LogP contribution in [-0.2, 0) is 5.41 Å². The fraction of sp³-hybridized carbons (Fsp3) is 0.0517. The van der Waals surface area contributed by atoms with Crippen molar-refractivity contribution in [3.63, 3.8) is 0 Å². The number of benzene rings is 9. The highest BCUT2D eigenvalue weighted by Crippen LogP contribution is 2.71. The van der Waals surface area contributed by atoms with Crippen molar-refractivity contribution in [2.24, 2.45) is 0 Å². The van der Waals surface area contributed by atoms with Crippen molar-refractivity contribution in [2.45, 2.75) is 17.3 Å². The summed E-state index contributed by atoms with van der Waals surface area (Å²) in [6.45, 7) is 0. The van der Waals surface area contributed by atoms with Gasteiger partial charge < -0.3 is 0 Å². The van der Waals surface area contributed by atoms with Crippen LogP contribution in [-0.4, -0.2) is 15.0 Å². The molecule has 1 spiro atoms. The van der Waals surface area contributed by atoms with Gasteiger partial charge in [-0.15, -0.1) is 0 Å². The molecule has 0 aliphatic heterocycles. The van der Waals surface area contributed by atoms with E-state index in [2.05, 4.69) is 176 Å². The molecule has 3 unspecified atom stereocenters. The van der Waals surface area contributed by atoms with Crippen LogP contribution in [0, 0.1) is 0 Å². The average Bonchev–Trinajstić information content (AvgIpc) is 3.82. The number of fused-ring (bicyclic) bond motifs is 16. The highest BCUT2D eigenvalue weighted by molar-refractivity contribution is 5.97. The van der Waals surface area contributed by atoms with Crippen LogP contribution >= 0.6 is 0 Å². The molecule has 3 nitrogen and oxygen atoms in total. The zero-order valence-electron chi connectivity index (χ0n) is 33.2. The van der Waals surface area contributed by atoms with Gasteiger partial charge in [-0.05, 0) is 95.7 Å². The van der Waals surface area contributed by atoms with Gasteiger partial charge >= 0.3 is 0 Å². The second-order valence-corrected chi connectivity index (χ2v) is 16.6. The van der Waals surface area contributed by atoms with Crippen LogP contribution in [0.3, 0.4) is 0 Å². The van der Waals surface area contributed by atoms with Gasteiger partial charge in [-0.3, -0.25) is 0 Å². The summed E-state index contributed by atoms with van der Waals surface area (Å²) in [4.78, 5) is 15.6. The van der Waals surface area contributed by atoms with E-state index < -0.39 is 5.41 Å². The van der Waals surface area contributed by atoms with E-state index in [-0.39, 0.29) is 11.8 Å². The van der Waals surface area contributed by atoms with Crippen molar-refractivity contribution in [1.82, 2.24) is 15.0 Å². The summed E-state index contributed by atoms with van der Waals surface area (Å²) in [5, 5.41) is 2.31. The molecule has 3 heteroatoms. The standard InChI is InChI=1S/C58H37N3/c1-3-17-36(18-4-1)55-59-56(37-19-5-2-6-20-37)61-57(60-55)49-34-39-22-8-7-21-38(39)33-48(49)40-31-32-44-43-25-13-15-29-50(43)58(52(44)35-40)51-30-16-14-28-47(51)53-45-26-11-9-23-41(45)42-24-10-12-27-46(42)54(53)58/h1-35,53-54H. The van der Waals surface area contributed by atoms with Crippen LogP contribution in [0.2, 0.25) is 0 Å². The molecule has 9 aromatic carbocycles. The van der Waals surface area contributed by atoms with E-state index >= 15 is 0 Å². The molecule has 0 fully saturated rings. The van der Waals surface area contributed by atoms with Crippen molar-refractivity contribution >= 4 is 10.8 Å². The molecule has 10 aromatic rings. The van der Waals surface area contributed by atoms with Gasteiger partial charge in [-0.25, -0.2) is 15.0 Å². The van der Waals surface area contributed by atoms with Crippen LogP contribution in [0.5, 0.6) is 0 Å². The highest BCUT2D eigenvalue weighted by Gasteiger charge is 2.60. The molecule has 3 aliphatic carbocycles. The van der Waals surface area contributed by atoms with E-state index in [1.807, 2.05) is 36.4 Å². The van der Waals surface area contributed by atoms with E-state index in [0.29, 0.717) is 17.5 Å². The van der Waals surface area contributed by atoms with Crippen molar-refractivity contribution in [1.29, 1.82) is 0 Å². The SMILES string of the molecule is c1ccc(-c2nc(-c3ccccc3)nc(-c3cc4ccccc4cc3-c3ccc4c(c3)C3(c5ccccc5-4)c4ccccc4C4c5ccccc5-c5ccccc5C43)n2)cc1. The third-order valence-electron chi connectivity index (χ3n) is 13.6. The van der Waals surface area contributed by atoms with Crippen LogP contribution < -0.4 is 0 Å². The van der Waals surface area contributed by atoms with Gasteiger partial charge in [0, 0.05) is 28.5 Å². The van der Waals surface area contributed by atoms with Gasteiger partial charge in [0.25, 0.3) is 0 Å². The lowest BCUT2D eigenvalue weighted by molar-refractivity contribution is 0.491. The fourth-order valence-corrected chi connectivity index (χ4v) is 11.2. The maximum Gasteiger partial charge on any atom is 0.164 e. The second kappa shape index (κ2) is 13.1. The summed E-state index contributed by atoms with van der Waals surface area (Å²) < 4.78 is 0. The molecule has 0 N–H and O–H groups in total. The molecule has 3 atom stereocenters. The zero-order chi connectivity index (χ0) is 40.1. The molecular weight excluding hydrogens is 739 g/mol. The minimum absolute atomic E-state index is 0.148. The Morgan fingerprint density at radius 3 is 1.48 bits per heavy atom. The Hall–Kier alpha value is -7.75. The molecule has 1 aromatic heterocycles. The molecule has 0 amide bonds. The van der Waals surface area contributed by atoms with E-state index in [9.17, 15) is 0 Å². The third kappa shape index (κ3) is 4.89. The summed E-state index contributed by atoms with van der Waals surface area (Å²) in [5.74, 6) is 2.29. The number of nitrogens with zero attached hydrogens (tertiary/aromatic N) is 3. The molecule has 61 heavy (non-hydrogen) atoms. The largest absolute Gasteiger partial charge is 0.208 e. The lowest BCUT2D eigenvalue weighted by atomic mass is 9.60. The molecular formula is C58H37N3. The fourth-order valence-electron chi connectivity index (χ4n) is 11.2. The molecule has 0 bridgehead atoms. The maximum absolute atomic E-state index is 5.28. The number of hydrogen-bond acceptors (Lipinski definition) is 3. The Bertz CT molecular complexity index is 3330. The van der Waals surface area contributed by atoms with E-state index in [1.165, 1.54) is 61.0 Å². The predicted octanol–water partition coefficient (Wildman–Crippen LogP) is 13.9. The molecule has 13 rings (SSSR count). The molecule has 1 heterocycles. The topological polar surface area (TPSA) is 38.7 Å². The van der Waals surface area contributed by atoms with Gasteiger partial charge in [-0.1, -0.05) is 194 Å². The minimum atomic E-state index is -0.433. The Balaban J connectivity index is 1.09. The van der Waals surface area contributed by atoms with Gasteiger partial charge in [0.1, 0.15) is 0 Å². The summed E-state index contributed by atoms with van der Waals surface area (Å²) >= 11 is 0. The van der Waals surface area contributed by atoms with Crippen molar-refractivity contribution in [2.75, 3.05) is 0 Å². The summed E-state index contributed by atoms with van der Waals surface area (Å²) in [7, 11) is 0. The van der Waals surface area contributed by atoms with E-state index in [0.717, 1.165) is 33.2 Å². The van der Waals surface area contributed by atoms with Gasteiger partial charge in [0.15, 0.2) is 17.5 Å². The average molecular weight is 776 g/mol. The number of rotatable bonds is 4. The van der Waals surface area contributed by atoms with Crippen molar-refractivity contribution < 1.29 is 0 Å². The maximum atomic E-state index is 5.28. The molecule has 0 saturated heterocycles. The van der Waals surface area contributed by atoms with Gasteiger partial charge in [0.05, 0.1) is 5.41 Å². The summed E-state index contributed by atoms with van der Waals surface area (Å²) in [6.07, 6.45) is 0. The van der Waals surface area contributed by atoms with E-state index in [4.69, 9.17) is 15.0 Å². The van der Waals surface area contributed by atoms with Crippen LogP contribution in [0.25, 0.3) is 78.3 Å². The monoisotopic (exact) mass is 775 g/mol. The smallest absolute Gasteiger partial charge is 0.164 e. The Morgan fingerprint density at radius 1 is 0.295 bits per heavy atom. The molecule has 0 saturated carbocycles. The first kappa shape index (κ1) is 34.1. The van der Waals surface area contributed by atoms with Crippen LogP contribution in [0.15, 0.2) is 212 Å². The van der Waals surface area contributed by atoms with Gasteiger partial charge in [0.2, 0.25) is 0 Å². The van der Waals surface area contributed by atoms with Crippen molar-refractivity contribution in [3.8, 4) is 67.5 Å². The van der Waals surface area contributed by atoms with Crippen LogP contribution in [0.4, 0.5) is 0 Å². The lowest BCUT2D eigenvalue weighted by Gasteiger charge is -2.41. The lowest BCUT2D eigenvalue weighted by Crippen LogP contribution is -2.34. The highest BCUT2D eigenvalue weighted by atomic mass is 15.0. The molecule has 0 radical (unpaired) electrons. The first-order chi connectivity index (χ1) is 30.3. The normalized spacial score (nSPS) is 17.6. The van der Waals surface area contributed by atoms with E-state index in [1.54, 1.807) is 0 Å². The van der Waals surface area contributed by atoms with Gasteiger partial charge in [-0.2, -0.15) is 0 Å². The summed E-state index contributed by atoms with van der Waals surface area (Å²) in [6, 6.07) is 77.7. The Kier molecular flexibility index (Phi) is 7.35. The number of hydrogen-bond donors (Lipinski definition) is 0. The van der Waals surface area contributed by atoms with Crippen molar-refractivity contribution in [3.05, 3.63) is 246 Å². The predicted molar refractivity (Wildman–Crippen MR) is 247 cm³/mol. The number of aromatic nitrogens is 3. The summed E-state index contributed by atoms with van der Waals surface area (Å²) in [5.41, 5.74) is 18.3. The third-order valence-corrected chi connectivity index (χ3v) is 13.6. The first-order valence-electron chi connectivity index (χ1n) is 21.2. The zero-order valence-corrected chi connectivity index (χ0v) is 33.2. The second-order valence-electron chi connectivity index (χ2n) is 16.6. The quantitative estimate of drug-likeness (QED) is 0.179. The Morgan fingerprint density at radius 2 is 0.787 bits per heavy atom. The van der Waals surface area contributed by atoms with Crippen LogP contribution in [0.1, 0.15) is 45.2 Å². The molecule has 3 aliphatic rings. The first-order valence-corrected chi connectivity index (χ1v) is 21.2. The minimum Gasteiger partial charge on any atom is -0.208 e. The Labute approximate surface area is 354 Å².